The highest BCUT2D eigenvalue weighted by atomic mass is 79.9. The van der Waals surface area contributed by atoms with E-state index in [0.29, 0.717) is 0 Å². The fourth-order valence-corrected chi connectivity index (χ4v) is 1.50. The second-order valence-corrected chi connectivity index (χ2v) is 3.91. The van der Waals surface area contributed by atoms with Crippen LogP contribution in [0.5, 0.6) is 0 Å². The van der Waals surface area contributed by atoms with Gasteiger partial charge in [-0.15, -0.1) is 0 Å². The molecule has 1 aromatic carbocycles. The van der Waals surface area contributed by atoms with Gasteiger partial charge in [0, 0.05) is 22.4 Å². The average molecular weight is 249 g/mol. The van der Waals surface area contributed by atoms with E-state index in [-0.39, 0.29) is 0 Å². The van der Waals surface area contributed by atoms with Gasteiger partial charge in [-0.2, -0.15) is 0 Å². The molecule has 70 valence electrons. The van der Waals surface area contributed by atoms with E-state index < -0.39 is 0 Å². The summed E-state index contributed by atoms with van der Waals surface area (Å²) >= 11 is 3.47. The number of benzene rings is 1. The predicted octanol–water partition coefficient (Wildman–Crippen LogP) is 3.21. The molecule has 0 bridgehead atoms. The zero-order chi connectivity index (χ0) is 9.97. The average Bonchev–Trinajstić information content (AvgIpc) is 2.23. The molecule has 1 aromatic heterocycles. The van der Waals surface area contributed by atoms with Crippen LogP contribution in [0.1, 0.15) is 5.56 Å². The van der Waals surface area contributed by atoms with Crippen LogP contribution in [0.4, 0.5) is 0 Å². The SMILES string of the molecule is Cc1cc(-c2cnccn2)ccc1Br. The van der Waals surface area contributed by atoms with Crippen molar-refractivity contribution in [2.75, 3.05) is 0 Å². The topological polar surface area (TPSA) is 25.8 Å². The van der Waals surface area contributed by atoms with Crippen LogP contribution < -0.4 is 0 Å². The van der Waals surface area contributed by atoms with Gasteiger partial charge in [0.05, 0.1) is 11.9 Å². The molecule has 0 N–H and O–H groups in total. The van der Waals surface area contributed by atoms with E-state index in [2.05, 4.69) is 38.9 Å². The molecule has 0 unspecified atom stereocenters. The van der Waals surface area contributed by atoms with Crippen LogP contribution in [-0.2, 0) is 0 Å². The first-order valence-electron chi connectivity index (χ1n) is 4.30. The fraction of sp³-hybridized carbons (Fsp3) is 0.0909. The second-order valence-electron chi connectivity index (χ2n) is 3.05. The molecule has 0 spiro atoms. The van der Waals surface area contributed by atoms with Crippen molar-refractivity contribution in [3.63, 3.8) is 0 Å². The van der Waals surface area contributed by atoms with Crippen LogP contribution in [0, 0.1) is 6.92 Å². The Morgan fingerprint density at radius 1 is 1.21 bits per heavy atom. The van der Waals surface area contributed by atoms with Crippen molar-refractivity contribution in [1.82, 2.24) is 9.97 Å². The third-order valence-electron chi connectivity index (χ3n) is 2.02. The van der Waals surface area contributed by atoms with Gasteiger partial charge in [0.25, 0.3) is 0 Å². The highest BCUT2D eigenvalue weighted by Gasteiger charge is 2.00. The number of nitrogens with zero attached hydrogens (tertiary/aromatic N) is 2. The Balaban J connectivity index is 2.48. The Kier molecular flexibility index (Phi) is 2.59. The van der Waals surface area contributed by atoms with E-state index >= 15 is 0 Å². The Labute approximate surface area is 91.2 Å². The molecule has 0 fully saturated rings. The Bertz CT molecular complexity index is 440. The van der Waals surface area contributed by atoms with E-state index in [0.717, 1.165) is 15.7 Å². The summed E-state index contributed by atoms with van der Waals surface area (Å²) in [7, 11) is 0. The van der Waals surface area contributed by atoms with Gasteiger partial charge in [-0.3, -0.25) is 9.97 Å². The molecule has 0 aliphatic carbocycles. The molecule has 0 amide bonds. The summed E-state index contributed by atoms with van der Waals surface area (Å²) in [5.74, 6) is 0. The molecule has 1 heterocycles. The van der Waals surface area contributed by atoms with Gasteiger partial charge >= 0.3 is 0 Å². The van der Waals surface area contributed by atoms with E-state index in [1.807, 2.05) is 12.1 Å². The van der Waals surface area contributed by atoms with Crippen molar-refractivity contribution in [1.29, 1.82) is 0 Å². The number of aromatic nitrogens is 2. The van der Waals surface area contributed by atoms with Gasteiger partial charge in [-0.1, -0.05) is 22.0 Å². The van der Waals surface area contributed by atoms with Crippen LogP contribution >= 0.6 is 15.9 Å². The van der Waals surface area contributed by atoms with E-state index in [4.69, 9.17) is 0 Å². The maximum absolute atomic E-state index is 4.24. The molecule has 0 saturated heterocycles. The van der Waals surface area contributed by atoms with Crippen LogP contribution in [0.3, 0.4) is 0 Å². The lowest BCUT2D eigenvalue weighted by Gasteiger charge is -2.02. The molecule has 2 rings (SSSR count). The Hall–Kier alpha value is -1.22. The minimum Gasteiger partial charge on any atom is -0.261 e. The summed E-state index contributed by atoms with van der Waals surface area (Å²) in [6.07, 6.45) is 5.14. The highest BCUT2D eigenvalue weighted by Crippen LogP contribution is 2.22. The second kappa shape index (κ2) is 3.88. The third kappa shape index (κ3) is 1.82. The molecule has 0 radical (unpaired) electrons. The zero-order valence-corrected chi connectivity index (χ0v) is 9.32. The molecule has 0 saturated carbocycles. The number of aryl methyl sites for hydroxylation is 1. The summed E-state index contributed by atoms with van der Waals surface area (Å²) in [5, 5.41) is 0. The van der Waals surface area contributed by atoms with Crippen molar-refractivity contribution in [2.45, 2.75) is 6.92 Å². The normalized spacial score (nSPS) is 10.1. The quantitative estimate of drug-likeness (QED) is 0.775. The smallest absolute Gasteiger partial charge is 0.0885 e. The molecule has 2 aromatic rings. The first kappa shape index (κ1) is 9.34. The Morgan fingerprint density at radius 2 is 2.07 bits per heavy atom. The largest absolute Gasteiger partial charge is 0.261 e. The fourth-order valence-electron chi connectivity index (χ4n) is 1.25. The Morgan fingerprint density at radius 3 is 2.71 bits per heavy atom. The minimum atomic E-state index is 0.906. The van der Waals surface area contributed by atoms with Crippen molar-refractivity contribution in [3.05, 3.63) is 46.8 Å². The number of hydrogen-bond donors (Lipinski definition) is 0. The zero-order valence-electron chi connectivity index (χ0n) is 7.74. The first-order chi connectivity index (χ1) is 6.77. The molecule has 3 heteroatoms. The number of halogens is 1. The van der Waals surface area contributed by atoms with Crippen LogP contribution in [0.25, 0.3) is 11.3 Å². The van der Waals surface area contributed by atoms with Gasteiger partial charge in [-0.25, -0.2) is 0 Å². The lowest BCUT2D eigenvalue weighted by molar-refractivity contribution is 1.20. The summed E-state index contributed by atoms with van der Waals surface area (Å²) in [6, 6.07) is 6.15. The highest BCUT2D eigenvalue weighted by molar-refractivity contribution is 9.10. The summed E-state index contributed by atoms with van der Waals surface area (Å²) in [4.78, 5) is 8.28. The van der Waals surface area contributed by atoms with E-state index in [1.54, 1.807) is 18.6 Å². The monoisotopic (exact) mass is 248 g/mol. The first-order valence-corrected chi connectivity index (χ1v) is 5.09. The van der Waals surface area contributed by atoms with Gasteiger partial charge < -0.3 is 0 Å². The lowest BCUT2D eigenvalue weighted by Crippen LogP contribution is -1.85. The minimum absolute atomic E-state index is 0.906. The summed E-state index contributed by atoms with van der Waals surface area (Å²) in [5.41, 5.74) is 3.20. The molecule has 0 aliphatic heterocycles. The molecule has 0 aliphatic rings. The van der Waals surface area contributed by atoms with Crippen molar-refractivity contribution >= 4 is 15.9 Å². The molecule has 14 heavy (non-hydrogen) atoms. The summed E-state index contributed by atoms with van der Waals surface area (Å²) in [6.45, 7) is 2.06. The van der Waals surface area contributed by atoms with Crippen molar-refractivity contribution in [3.8, 4) is 11.3 Å². The number of rotatable bonds is 1. The van der Waals surface area contributed by atoms with Gasteiger partial charge in [0.2, 0.25) is 0 Å². The maximum Gasteiger partial charge on any atom is 0.0885 e. The van der Waals surface area contributed by atoms with Gasteiger partial charge in [0.1, 0.15) is 0 Å². The molecule has 2 nitrogen and oxygen atoms in total. The van der Waals surface area contributed by atoms with E-state index in [1.165, 1.54) is 5.56 Å². The van der Waals surface area contributed by atoms with Gasteiger partial charge in [-0.05, 0) is 24.6 Å². The van der Waals surface area contributed by atoms with Crippen LogP contribution in [0.15, 0.2) is 41.3 Å². The standard InChI is InChI=1S/C11H9BrN2/c1-8-6-9(2-3-10(8)12)11-7-13-4-5-14-11/h2-7H,1H3. The third-order valence-corrected chi connectivity index (χ3v) is 2.91. The van der Waals surface area contributed by atoms with Crippen molar-refractivity contribution in [2.24, 2.45) is 0 Å². The predicted molar refractivity (Wildman–Crippen MR) is 59.9 cm³/mol. The number of hydrogen-bond acceptors (Lipinski definition) is 2. The van der Waals surface area contributed by atoms with Crippen LogP contribution in [0.2, 0.25) is 0 Å². The maximum atomic E-state index is 4.24. The van der Waals surface area contributed by atoms with Gasteiger partial charge in [0.15, 0.2) is 0 Å². The molecular formula is C11H9BrN2. The summed E-state index contributed by atoms with van der Waals surface area (Å²) < 4.78 is 1.12. The molecular weight excluding hydrogens is 240 g/mol. The van der Waals surface area contributed by atoms with E-state index in [9.17, 15) is 0 Å². The lowest BCUT2D eigenvalue weighted by atomic mass is 10.1. The van der Waals surface area contributed by atoms with Crippen LogP contribution in [-0.4, -0.2) is 9.97 Å². The van der Waals surface area contributed by atoms with Crippen molar-refractivity contribution < 1.29 is 0 Å². The molecule has 0 atom stereocenters.